The predicted molar refractivity (Wildman–Crippen MR) is 82.5 cm³/mol. The molecule has 0 aliphatic heterocycles. The highest BCUT2D eigenvalue weighted by Gasteiger charge is 2.19. The van der Waals surface area contributed by atoms with Gasteiger partial charge in [-0.1, -0.05) is 53.9 Å². The van der Waals surface area contributed by atoms with Gasteiger partial charge in [0.15, 0.2) is 14.5 Å². The molecule has 0 aromatic carbocycles. The van der Waals surface area contributed by atoms with E-state index < -0.39 is 0 Å². The molecule has 0 aliphatic rings. The first-order chi connectivity index (χ1) is 9.95. The van der Waals surface area contributed by atoms with Crippen LogP contribution in [-0.4, -0.2) is 32.0 Å². The first-order valence-electron chi connectivity index (χ1n) is 6.20. The Bertz CT molecular complexity index is 613. The van der Waals surface area contributed by atoms with E-state index in [-0.39, 0.29) is 22.8 Å². The summed E-state index contributed by atoms with van der Waals surface area (Å²) in [5.41, 5.74) is 5.09. The van der Waals surface area contributed by atoms with Gasteiger partial charge in [0.05, 0.1) is 11.0 Å². The fourth-order valence-electron chi connectivity index (χ4n) is 1.28. The zero-order chi connectivity index (χ0) is 15.4. The second-order valence-electron chi connectivity index (χ2n) is 4.49. The van der Waals surface area contributed by atoms with Gasteiger partial charge in [0.1, 0.15) is 0 Å². The van der Waals surface area contributed by atoms with Crippen LogP contribution in [0.5, 0.6) is 0 Å². The van der Waals surface area contributed by atoms with Gasteiger partial charge in [0.2, 0.25) is 11.8 Å². The third-order valence-electron chi connectivity index (χ3n) is 2.33. The Morgan fingerprint density at radius 3 is 2.67 bits per heavy atom. The van der Waals surface area contributed by atoms with E-state index in [0.717, 1.165) is 8.68 Å². The fraction of sp³-hybridized carbons (Fsp3) is 0.545. The topological polar surface area (TPSA) is 108 Å². The number of nitrogens with two attached hydrogens (primary N) is 1. The number of carbonyl (C=O) groups excluding carboxylic acids is 1. The maximum absolute atomic E-state index is 10.7. The van der Waals surface area contributed by atoms with E-state index in [4.69, 9.17) is 10.3 Å². The van der Waals surface area contributed by atoms with Gasteiger partial charge in [-0.15, -0.1) is 10.2 Å². The lowest BCUT2D eigenvalue weighted by molar-refractivity contribution is -0.115. The molecule has 2 aromatic heterocycles. The average Bonchev–Trinajstić information content (AvgIpc) is 3.05. The van der Waals surface area contributed by atoms with Crippen molar-refractivity contribution < 1.29 is 9.32 Å². The summed E-state index contributed by atoms with van der Waals surface area (Å²) in [5, 5.41) is 12.0. The highest BCUT2D eigenvalue weighted by molar-refractivity contribution is 8.03. The molecule has 0 saturated carbocycles. The summed E-state index contributed by atoms with van der Waals surface area (Å²) in [6.07, 6.45) is 0. The van der Waals surface area contributed by atoms with Crippen LogP contribution in [0.15, 0.2) is 13.2 Å². The van der Waals surface area contributed by atoms with Crippen molar-refractivity contribution in [3.05, 3.63) is 11.7 Å². The van der Waals surface area contributed by atoms with Crippen molar-refractivity contribution in [3.63, 3.8) is 0 Å². The van der Waals surface area contributed by atoms with Crippen molar-refractivity contribution in [1.29, 1.82) is 0 Å². The Kier molecular flexibility index (Phi) is 5.59. The average molecular weight is 345 g/mol. The third kappa shape index (κ3) is 4.68. The van der Waals surface area contributed by atoms with Gasteiger partial charge in [-0.25, -0.2) is 0 Å². The molecule has 0 aliphatic carbocycles. The molecule has 1 amide bonds. The summed E-state index contributed by atoms with van der Waals surface area (Å²) in [5.74, 6) is 1.34. The lowest BCUT2D eigenvalue weighted by atomic mass is 10.2. The maximum Gasteiger partial charge on any atom is 0.239 e. The third-order valence-corrected chi connectivity index (χ3v) is 5.58. The zero-order valence-electron chi connectivity index (χ0n) is 11.8. The van der Waals surface area contributed by atoms with E-state index in [2.05, 4.69) is 20.3 Å². The summed E-state index contributed by atoms with van der Waals surface area (Å²) >= 11 is 4.20. The van der Waals surface area contributed by atoms with Gasteiger partial charge in [0, 0.05) is 5.92 Å². The maximum atomic E-state index is 10.7. The predicted octanol–water partition coefficient (Wildman–Crippen LogP) is 2.48. The van der Waals surface area contributed by atoms with Crippen molar-refractivity contribution in [2.24, 2.45) is 5.73 Å². The molecule has 0 fully saturated rings. The van der Waals surface area contributed by atoms with Crippen molar-refractivity contribution in [3.8, 4) is 0 Å². The van der Waals surface area contributed by atoms with Gasteiger partial charge < -0.3 is 10.3 Å². The summed E-state index contributed by atoms with van der Waals surface area (Å²) in [4.78, 5) is 15.1. The summed E-state index contributed by atoms with van der Waals surface area (Å²) in [6, 6.07) is 0. The molecular weight excluding hydrogens is 330 g/mol. The number of aromatic nitrogens is 4. The molecule has 2 aromatic rings. The molecule has 2 heterocycles. The van der Waals surface area contributed by atoms with Gasteiger partial charge in [0.25, 0.3) is 0 Å². The van der Waals surface area contributed by atoms with Crippen molar-refractivity contribution in [1.82, 2.24) is 20.3 Å². The second kappa shape index (κ2) is 7.23. The number of nitrogens with zero attached hydrogens (tertiary/aromatic N) is 4. The Balaban J connectivity index is 1.95. The van der Waals surface area contributed by atoms with Crippen LogP contribution in [0, 0.1) is 0 Å². The monoisotopic (exact) mass is 345 g/mol. The molecule has 0 saturated heterocycles. The van der Waals surface area contributed by atoms with E-state index in [1.54, 1.807) is 0 Å². The molecule has 114 valence electrons. The first-order valence-corrected chi connectivity index (χ1v) is 8.88. The van der Waals surface area contributed by atoms with Crippen molar-refractivity contribution in [2.75, 3.05) is 5.75 Å². The number of hydrogen-bond acceptors (Lipinski definition) is 9. The molecule has 7 nitrogen and oxygen atoms in total. The van der Waals surface area contributed by atoms with E-state index in [1.807, 2.05) is 20.8 Å². The Morgan fingerprint density at radius 2 is 2.05 bits per heavy atom. The summed E-state index contributed by atoms with van der Waals surface area (Å²) < 4.78 is 6.76. The fourth-order valence-corrected chi connectivity index (χ4v) is 4.22. The van der Waals surface area contributed by atoms with Gasteiger partial charge in [-0.3, -0.25) is 4.79 Å². The number of carbonyl (C=O) groups is 1. The minimum Gasteiger partial charge on any atom is -0.369 e. The lowest BCUT2D eigenvalue weighted by Crippen LogP contribution is -2.12. The largest absolute Gasteiger partial charge is 0.369 e. The Morgan fingerprint density at radius 1 is 1.33 bits per heavy atom. The molecule has 0 unspecified atom stereocenters. The normalized spacial score (nSPS) is 12.8. The lowest BCUT2D eigenvalue weighted by Gasteiger charge is -2.01. The van der Waals surface area contributed by atoms with Gasteiger partial charge >= 0.3 is 0 Å². The quantitative estimate of drug-likeness (QED) is 0.762. The molecular formula is C11H15N5O2S3. The highest BCUT2D eigenvalue weighted by atomic mass is 32.2. The van der Waals surface area contributed by atoms with Crippen LogP contribution < -0.4 is 5.73 Å². The molecule has 2 rings (SSSR count). The van der Waals surface area contributed by atoms with Gasteiger partial charge in [-0.05, 0) is 6.92 Å². The molecule has 0 radical (unpaired) electrons. The Labute approximate surface area is 134 Å². The van der Waals surface area contributed by atoms with Gasteiger partial charge in [-0.2, -0.15) is 4.98 Å². The molecule has 0 spiro atoms. The van der Waals surface area contributed by atoms with Crippen LogP contribution in [0.4, 0.5) is 0 Å². The van der Waals surface area contributed by atoms with Crippen LogP contribution in [0.2, 0.25) is 0 Å². The zero-order valence-corrected chi connectivity index (χ0v) is 14.2. The van der Waals surface area contributed by atoms with Crippen molar-refractivity contribution >= 4 is 40.8 Å². The first kappa shape index (κ1) is 16.2. The van der Waals surface area contributed by atoms with Crippen LogP contribution in [0.3, 0.4) is 0 Å². The van der Waals surface area contributed by atoms with Crippen LogP contribution in [0.25, 0.3) is 0 Å². The van der Waals surface area contributed by atoms with E-state index >= 15 is 0 Å². The second-order valence-corrected chi connectivity index (χ2v) is 8.28. The molecule has 2 N–H and O–H groups in total. The highest BCUT2D eigenvalue weighted by Crippen LogP contribution is 2.37. The standard InChI is InChI=1S/C11H15N5O2S3/c1-5(2)8-13-9(18-16-8)6(3)20-11-15-14-10(21-11)19-4-7(12)17/h5-6H,4H2,1-3H3,(H2,12,17)/t6-/m0/s1. The molecule has 10 heteroatoms. The Hall–Kier alpha value is -1.13. The number of thioether (sulfide) groups is 2. The van der Waals surface area contributed by atoms with Crippen LogP contribution >= 0.6 is 34.9 Å². The summed E-state index contributed by atoms with van der Waals surface area (Å²) in [7, 11) is 0. The smallest absolute Gasteiger partial charge is 0.239 e. The number of amides is 1. The van der Waals surface area contributed by atoms with E-state index in [1.165, 1.54) is 34.9 Å². The molecule has 1 atom stereocenters. The number of rotatable bonds is 7. The van der Waals surface area contributed by atoms with Crippen LogP contribution in [-0.2, 0) is 4.79 Å². The van der Waals surface area contributed by atoms with Crippen molar-refractivity contribution in [2.45, 2.75) is 40.6 Å². The van der Waals surface area contributed by atoms with E-state index in [0.29, 0.717) is 11.7 Å². The molecule has 0 bridgehead atoms. The number of primary amides is 1. The molecule has 21 heavy (non-hydrogen) atoms. The number of hydrogen-bond donors (Lipinski definition) is 1. The summed E-state index contributed by atoms with van der Waals surface area (Å²) in [6.45, 7) is 6.00. The minimum absolute atomic E-state index is 0.00746. The minimum atomic E-state index is -0.371. The van der Waals surface area contributed by atoms with E-state index in [9.17, 15) is 4.79 Å². The SMILES string of the molecule is CC(C)c1noc([C@H](C)Sc2nnc(SCC(N)=O)s2)n1. The van der Waals surface area contributed by atoms with Crippen LogP contribution in [0.1, 0.15) is 43.7 Å².